The van der Waals surface area contributed by atoms with Gasteiger partial charge in [-0.05, 0) is 36.4 Å². The number of nitrogens with one attached hydrogen (secondary N) is 1. The molecule has 4 rings (SSSR count). The second kappa shape index (κ2) is 7.96. The maximum atomic E-state index is 13.1. The lowest BCUT2D eigenvalue weighted by molar-refractivity contribution is -0.122. The molecule has 1 atom stereocenters. The van der Waals surface area contributed by atoms with Gasteiger partial charge in [-0.15, -0.1) is 0 Å². The summed E-state index contributed by atoms with van der Waals surface area (Å²) in [4.78, 5) is 28.3. The van der Waals surface area contributed by atoms with E-state index in [1.54, 1.807) is 48.7 Å². The molecule has 0 fully saturated rings. The van der Waals surface area contributed by atoms with Crippen LogP contribution in [0.3, 0.4) is 0 Å². The number of benzene rings is 2. The van der Waals surface area contributed by atoms with Crippen LogP contribution < -0.4 is 15.1 Å². The number of hydrogen-bond donors (Lipinski definition) is 1. The third-order valence-corrected chi connectivity index (χ3v) is 5.42. The molecule has 2 aliphatic heterocycles. The number of ketones is 1. The number of fused-ring (bicyclic) bond motifs is 1. The number of ether oxygens (including phenoxy) is 1. The number of hydrazone groups is 1. The summed E-state index contributed by atoms with van der Waals surface area (Å²) in [5.41, 5.74) is 3.90. The minimum Gasteiger partial charge on any atom is -0.497 e. The highest BCUT2D eigenvalue weighted by Gasteiger charge is 2.38. The van der Waals surface area contributed by atoms with Crippen molar-refractivity contribution in [1.29, 1.82) is 0 Å². The fourth-order valence-corrected chi connectivity index (χ4v) is 3.81. The number of amides is 1. The van der Waals surface area contributed by atoms with Crippen molar-refractivity contribution in [3.8, 4) is 5.75 Å². The summed E-state index contributed by atoms with van der Waals surface area (Å²) in [5.74, 6) is 0.0929. The molecule has 0 saturated heterocycles. The number of Topliss-reactive ketones (excluding diaryl/α,β-unsaturated/α-hetero) is 1. The normalized spacial score (nSPS) is 17.7. The van der Waals surface area contributed by atoms with Gasteiger partial charge in [-0.1, -0.05) is 23.9 Å². The van der Waals surface area contributed by atoms with Crippen LogP contribution in [-0.2, 0) is 4.79 Å². The Morgan fingerprint density at radius 2 is 2.03 bits per heavy atom. The monoisotopic (exact) mass is 412 g/mol. The summed E-state index contributed by atoms with van der Waals surface area (Å²) in [6.45, 7) is 0. The van der Waals surface area contributed by atoms with E-state index >= 15 is 0 Å². The second-order valence-electron chi connectivity index (χ2n) is 6.26. The predicted molar refractivity (Wildman–Crippen MR) is 109 cm³/mol. The Morgan fingerprint density at radius 3 is 2.79 bits per heavy atom. The van der Waals surface area contributed by atoms with Crippen molar-refractivity contribution in [2.24, 2.45) is 5.10 Å². The van der Waals surface area contributed by atoms with Gasteiger partial charge in [0.2, 0.25) is 6.17 Å². The van der Waals surface area contributed by atoms with Crippen LogP contribution in [0.15, 0.2) is 66.0 Å². The van der Waals surface area contributed by atoms with Crippen molar-refractivity contribution in [3.05, 3.63) is 72.3 Å². The van der Waals surface area contributed by atoms with Crippen molar-refractivity contribution >= 4 is 34.3 Å². The first-order valence-electron chi connectivity index (χ1n) is 8.75. The third-order valence-electron chi connectivity index (χ3n) is 4.46. The Kier molecular flexibility index (Phi) is 5.22. The summed E-state index contributed by atoms with van der Waals surface area (Å²) in [6, 6.07) is 12.6. The van der Waals surface area contributed by atoms with E-state index in [9.17, 15) is 14.0 Å². The standard InChI is InChI=1S/C20H17FN4O3S/c1-28-16-4-2-3-13(11-16)17(26)12-29-20-23-22-18-19(27)24(9-10-25(18)20)15-7-5-14(21)6-8-15/h2-11,18,22H,12H2,1H3. The van der Waals surface area contributed by atoms with Gasteiger partial charge in [-0.3, -0.25) is 24.8 Å². The summed E-state index contributed by atoms with van der Waals surface area (Å²) in [7, 11) is 1.55. The van der Waals surface area contributed by atoms with Crippen molar-refractivity contribution < 1.29 is 18.7 Å². The van der Waals surface area contributed by atoms with Gasteiger partial charge in [-0.2, -0.15) is 5.10 Å². The van der Waals surface area contributed by atoms with Crippen LogP contribution in [0, 0.1) is 5.82 Å². The summed E-state index contributed by atoms with van der Waals surface area (Å²) < 4.78 is 18.3. The number of rotatable bonds is 5. The van der Waals surface area contributed by atoms with Crippen molar-refractivity contribution in [2.75, 3.05) is 17.8 Å². The fraction of sp³-hybridized carbons (Fsp3) is 0.150. The van der Waals surface area contributed by atoms with E-state index in [1.165, 1.54) is 40.9 Å². The zero-order valence-electron chi connectivity index (χ0n) is 15.4. The average molecular weight is 412 g/mol. The van der Waals surface area contributed by atoms with Crippen LogP contribution in [0.4, 0.5) is 10.1 Å². The molecule has 0 aromatic heterocycles. The number of halogens is 1. The van der Waals surface area contributed by atoms with Crippen molar-refractivity contribution in [3.63, 3.8) is 0 Å². The van der Waals surface area contributed by atoms with Crippen LogP contribution in [0.5, 0.6) is 5.75 Å². The Labute approximate surface area is 170 Å². The van der Waals surface area contributed by atoms with E-state index in [4.69, 9.17) is 4.74 Å². The van der Waals surface area contributed by atoms with Gasteiger partial charge in [0, 0.05) is 23.7 Å². The molecule has 0 radical (unpaired) electrons. The minimum atomic E-state index is -0.709. The highest BCUT2D eigenvalue weighted by Crippen LogP contribution is 2.26. The first-order valence-corrected chi connectivity index (χ1v) is 9.74. The van der Waals surface area contributed by atoms with Gasteiger partial charge >= 0.3 is 0 Å². The third kappa shape index (κ3) is 3.81. The second-order valence-corrected chi connectivity index (χ2v) is 7.20. The van der Waals surface area contributed by atoms with Gasteiger partial charge in [-0.25, -0.2) is 4.39 Å². The quantitative estimate of drug-likeness (QED) is 0.762. The van der Waals surface area contributed by atoms with Crippen LogP contribution in [0.1, 0.15) is 10.4 Å². The Balaban J connectivity index is 1.42. The Hall–Kier alpha value is -3.33. The minimum absolute atomic E-state index is 0.0692. The molecular formula is C20H17FN4O3S. The molecule has 2 aliphatic rings. The van der Waals surface area contributed by atoms with E-state index in [0.717, 1.165) is 0 Å². The van der Waals surface area contributed by atoms with Gasteiger partial charge in [0.1, 0.15) is 11.6 Å². The molecule has 1 unspecified atom stereocenters. The maximum absolute atomic E-state index is 13.1. The summed E-state index contributed by atoms with van der Waals surface area (Å²) >= 11 is 1.24. The van der Waals surface area contributed by atoms with Gasteiger partial charge in [0.25, 0.3) is 5.91 Å². The Bertz CT molecular complexity index is 1010. The number of carbonyl (C=O) groups is 2. The first kappa shape index (κ1) is 19.0. The predicted octanol–water partition coefficient (Wildman–Crippen LogP) is 2.77. The molecule has 2 aromatic carbocycles. The number of thioether (sulfide) groups is 1. The lowest BCUT2D eigenvalue weighted by atomic mass is 10.1. The lowest BCUT2D eigenvalue weighted by Gasteiger charge is -2.31. The molecule has 0 saturated carbocycles. The highest BCUT2D eigenvalue weighted by molar-refractivity contribution is 8.14. The van der Waals surface area contributed by atoms with Crippen LogP contribution in [-0.4, -0.2) is 40.8 Å². The zero-order valence-corrected chi connectivity index (χ0v) is 16.2. The Morgan fingerprint density at radius 1 is 1.24 bits per heavy atom. The molecule has 0 bridgehead atoms. The maximum Gasteiger partial charge on any atom is 0.276 e. The van der Waals surface area contributed by atoms with E-state index < -0.39 is 6.17 Å². The number of hydrogen-bond acceptors (Lipinski definition) is 7. The van der Waals surface area contributed by atoms with Crippen LogP contribution in [0.2, 0.25) is 0 Å². The van der Waals surface area contributed by atoms with Crippen LogP contribution >= 0.6 is 11.8 Å². The van der Waals surface area contributed by atoms with Gasteiger partial charge < -0.3 is 4.74 Å². The molecule has 0 spiro atoms. The SMILES string of the molecule is COc1cccc(C(=O)CSC2=NNC3C(=O)N(c4ccc(F)cc4)C=CN23)c1. The number of carbonyl (C=O) groups excluding carboxylic acids is 2. The molecule has 2 aromatic rings. The molecule has 0 aliphatic carbocycles. The molecular weight excluding hydrogens is 395 g/mol. The van der Waals surface area contributed by atoms with Gasteiger partial charge in [0.05, 0.1) is 12.9 Å². The van der Waals surface area contributed by atoms with Crippen molar-refractivity contribution in [1.82, 2.24) is 10.3 Å². The molecule has 1 N–H and O–H groups in total. The summed E-state index contributed by atoms with van der Waals surface area (Å²) in [6.07, 6.45) is 2.59. The number of anilines is 1. The largest absolute Gasteiger partial charge is 0.497 e. The molecule has 148 valence electrons. The molecule has 2 heterocycles. The van der Waals surface area contributed by atoms with E-state index in [2.05, 4.69) is 10.5 Å². The molecule has 1 amide bonds. The van der Waals surface area contributed by atoms with E-state index in [1.807, 2.05) is 0 Å². The van der Waals surface area contributed by atoms with Crippen molar-refractivity contribution in [2.45, 2.75) is 6.17 Å². The fourth-order valence-electron chi connectivity index (χ4n) is 2.95. The smallest absolute Gasteiger partial charge is 0.276 e. The highest BCUT2D eigenvalue weighted by atomic mass is 32.2. The van der Waals surface area contributed by atoms with Gasteiger partial charge in [0.15, 0.2) is 11.0 Å². The van der Waals surface area contributed by atoms with Crippen LogP contribution in [0.25, 0.3) is 0 Å². The lowest BCUT2D eigenvalue weighted by Crippen LogP contribution is -2.52. The molecule has 9 heteroatoms. The first-order chi connectivity index (χ1) is 14.1. The number of nitrogens with zero attached hydrogens (tertiary/aromatic N) is 3. The van der Waals surface area contributed by atoms with E-state index in [-0.39, 0.29) is 23.3 Å². The zero-order chi connectivity index (χ0) is 20.4. The average Bonchev–Trinajstić information content (AvgIpc) is 3.17. The number of methoxy groups -OCH3 is 1. The molecule has 7 nitrogen and oxygen atoms in total. The summed E-state index contributed by atoms with van der Waals surface area (Å²) in [5, 5.41) is 4.71. The number of amidine groups is 1. The van der Waals surface area contributed by atoms with E-state index in [0.29, 0.717) is 22.2 Å². The topological polar surface area (TPSA) is 74.2 Å². The molecule has 29 heavy (non-hydrogen) atoms.